The molecule has 0 spiro atoms. The molecule has 25 heavy (non-hydrogen) atoms. The number of nitrogens with one attached hydrogen (secondary N) is 1. The van der Waals surface area contributed by atoms with Gasteiger partial charge in [-0.15, -0.1) is 0 Å². The number of nitrogens with zero attached hydrogens (tertiary/aromatic N) is 1. The standard InChI is InChI=1S/C15H24N2O.C5H10O2/c1-4-17(10-13-8-6-5-7-9-13)11-14-12-18-15(2,3)16-14;1-5(2,3)7-4-6/h5-9,14,16H,4,10-12H2,1-3H3;4H,1-3H3. The molecule has 5 nitrogen and oxygen atoms in total. The number of benzene rings is 1. The van der Waals surface area contributed by atoms with Crippen molar-refractivity contribution in [3.8, 4) is 0 Å². The Balaban J connectivity index is 0.000000381. The first-order valence-electron chi connectivity index (χ1n) is 8.94. The van der Waals surface area contributed by atoms with Gasteiger partial charge in [0.1, 0.15) is 11.3 Å². The van der Waals surface area contributed by atoms with E-state index in [4.69, 9.17) is 4.74 Å². The lowest BCUT2D eigenvalue weighted by Crippen LogP contribution is -2.44. The molecule has 1 heterocycles. The van der Waals surface area contributed by atoms with Crippen molar-refractivity contribution in [2.24, 2.45) is 0 Å². The Morgan fingerprint density at radius 2 is 1.96 bits per heavy atom. The van der Waals surface area contributed by atoms with Crippen molar-refractivity contribution in [2.75, 3.05) is 19.7 Å². The van der Waals surface area contributed by atoms with Crippen molar-refractivity contribution in [3.05, 3.63) is 35.9 Å². The SMILES string of the molecule is CC(C)(C)OC=O.CCN(Cc1ccccc1)CC1COC(C)(C)N1. The van der Waals surface area contributed by atoms with Crippen molar-refractivity contribution >= 4 is 6.47 Å². The molecule has 142 valence electrons. The van der Waals surface area contributed by atoms with Gasteiger partial charge < -0.3 is 9.47 Å². The van der Waals surface area contributed by atoms with Crippen LogP contribution in [0.25, 0.3) is 0 Å². The summed E-state index contributed by atoms with van der Waals surface area (Å²) in [6.07, 6.45) is 0. The van der Waals surface area contributed by atoms with E-state index in [1.165, 1.54) is 5.56 Å². The molecule has 0 radical (unpaired) electrons. The van der Waals surface area contributed by atoms with Crippen LogP contribution in [0.4, 0.5) is 0 Å². The third kappa shape index (κ3) is 9.58. The maximum atomic E-state index is 9.60. The third-order valence-electron chi connectivity index (χ3n) is 3.77. The molecule has 0 bridgehead atoms. The average Bonchev–Trinajstić information content (AvgIpc) is 2.86. The van der Waals surface area contributed by atoms with Gasteiger partial charge in [-0.2, -0.15) is 0 Å². The zero-order valence-corrected chi connectivity index (χ0v) is 16.5. The predicted molar refractivity (Wildman–Crippen MR) is 101 cm³/mol. The fourth-order valence-electron chi connectivity index (χ4n) is 2.59. The van der Waals surface area contributed by atoms with E-state index < -0.39 is 0 Å². The Morgan fingerprint density at radius 1 is 1.32 bits per heavy atom. The molecule has 1 saturated heterocycles. The second-order valence-electron chi connectivity index (χ2n) is 7.80. The van der Waals surface area contributed by atoms with E-state index in [9.17, 15) is 4.79 Å². The molecule has 1 unspecified atom stereocenters. The highest BCUT2D eigenvalue weighted by molar-refractivity contribution is 5.37. The van der Waals surface area contributed by atoms with Crippen LogP contribution in [0.15, 0.2) is 30.3 Å². The molecule has 1 N–H and O–H groups in total. The second-order valence-corrected chi connectivity index (χ2v) is 7.80. The lowest BCUT2D eigenvalue weighted by molar-refractivity contribution is -0.138. The van der Waals surface area contributed by atoms with Gasteiger partial charge in [0.15, 0.2) is 0 Å². The van der Waals surface area contributed by atoms with E-state index in [0.717, 1.165) is 26.2 Å². The topological polar surface area (TPSA) is 50.8 Å². The van der Waals surface area contributed by atoms with E-state index in [-0.39, 0.29) is 11.3 Å². The van der Waals surface area contributed by atoms with Gasteiger partial charge in [-0.05, 0) is 46.7 Å². The maximum Gasteiger partial charge on any atom is 0.293 e. The van der Waals surface area contributed by atoms with Gasteiger partial charge in [-0.25, -0.2) is 0 Å². The van der Waals surface area contributed by atoms with Crippen molar-refractivity contribution in [2.45, 2.75) is 65.5 Å². The minimum Gasteiger partial charge on any atom is -0.462 e. The van der Waals surface area contributed by atoms with Gasteiger partial charge in [0.05, 0.1) is 6.61 Å². The minimum absolute atomic E-state index is 0.170. The highest BCUT2D eigenvalue weighted by atomic mass is 16.5. The molecular formula is C20H34N2O3. The summed E-state index contributed by atoms with van der Waals surface area (Å²) in [5.41, 5.74) is 0.885. The Hall–Kier alpha value is -1.43. The quantitative estimate of drug-likeness (QED) is 0.799. The van der Waals surface area contributed by atoms with Crippen molar-refractivity contribution in [1.29, 1.82) is 0 Å². The first-order valence-corrected chi connectivity index (χ1v) is 8.94. The van der Waals surface area contributed by atoms with Crippen LogP contribution in [0, 0.1) is 0 Å². The first kappa shape index (κ1) is 21.6. The molecule has 2 rings (SSSR count). The van der Waals surface area contributed by atoms with E-state index >= 15 is 0 Å². The molecule has 0 aromatic heterocycles. The Kier molecular flexibility index (Phi) is 8.56. The van der Waals surface area contributed by atoms with Crippen LogP contribution >= 0.6 is 0 Å². The van der Waals surface area contributed by atoms with Gasteiger partial charge in [0.25, 0.3) is 6.47 Å². The number of rotatable bonds is 6. The second kappa shape index (κ2) is 9.90. The van der Waals surface area contributed by atoms with Gasteiger partial charge in [0, 0.05) is 19.1 Å². The van der Waals surface area contributed by atoms with Gasteiger partial charge in [-0.1, -0.05) is 37.3 Å². The molecule has 0 amide bonds. The molecule has 1 aromatic rings. The van der Waals surface area contributed by atoms with Gasteiger partial charge >= 0.3 is 0 Å². The number of carbonyl (C=O) groups is 1. The van der Waals surface area contributed by atoms with Crippen LogP contribution < -0.4 is 5.32 Å². The molecule has 1 atom stereocenters. The van der Waals surface area contributed by atoms with Crippen LogP contribution in [0.5, 0.6) is 0 Å². The van der Waals surface area contributed by atoms with Crippen molar-refractivity contribution < 1.29 is 14.3 Å². The summed E-state index contributed by atoms with van der Waals surface area (Å²) in [5.74, 6) is 0. The van der Waals surface area contributed by atoms with Crippen LogP contribution in [0.1, 0.15) is 47.1 Å². The monoisotopic (exact) mass is 350 g/mol. The third-order valence-corrected chi connectivity index (χ3v) is 3.77. The van der Waals surface area contributed by atoms with Crippen LogP contribution in [0.2, 0.25) is 0 Å². The van der Waals surface area contributed by atoms with E-state index in [1.54, 1.807) is 0 Å². The Labute approximate surface area is 152 Å². The maximum absolute atomic E-state index is 9.60. The van der Waals surface area contributed by atoms with E-state index in [1.807, 2.05) is 20.8 Å². The summed E-state index contributed by atoms with van der Waals surface area (Å²) in [5, 5.41) is 3.52. The molecule has 1 fully saturated rings. The first-order chi connectivity index (χ1) is 11.6. The summed E-state index contributed by atoms with van der Waals surface area (Å²) < 4.78 is 10.3. The van der Waals surface area contributed by atoms with Crippen LogP contribution in [-0.2, 0) is 20.8 Å². The molecule has 0 saturated carbocycles. The molecule has 5 heteroatoms. The number of ether oxygens (including phenoxy) is 2. The molecular weight excluding hydrogens is 316 g/mol. The lowest BCUT2D eigenvalue weighted by Gasteiger charge is -2.25. The van der Waals surface area contributed by atoms with Crippen LogP contribution in [0.3, 0.4) is 0 Å². The predicted octanol–water partition coefficient (Wildman–Crippen LogP) is 3.19. The van der Waals surface area contributed by atoms with Crippen molar-refractivity contribution in [1.82, 2.24) is 10.2 Å². The highest BCUT2D eigenvalue weighted by Gasteiger charge is 2.31. The highest BCUT2D eigenvalue weighted by Crippen LogP contribution is 2.15. The number of likely N-dealkylation sites (N-methyl/N-ethyl adjacent to an activating group) is 1. The molecule has 1 aliphatic rings. The summed E-state index contributed by atoms with van der Waals surface area (Å²) in [7, 11) is 0. The van der Waals surface area contributed by atoms with Crippen LogP contribution in [-0.4, -0.2) is 48.4 Å². The minimum atomic E-state index is -0.318. The number of hydrogen-bond donors (Lipinski definition) is 1. The average molecular weight is 351 g/mol. The van der Waals surface area contributed by atoms with E-state index in [2.05, 4.69) is 66.1 Å². The molecule has 1 aliphatic heterocycles. The van der Waals surface area contributed by atoms with Crippen molar-refractivity contribution in [3.63, 3.8) is 0 Å². The fourth-order valence-corrected chi connectivity index (χ4v) is 2.59. The van der Waals surface area contributed by atoms with Gasteiger partial charge in [0.2, 0.25) is 0 Å². The molecule has 0 aliphatic carbocycles. The van der Waals surface area contributed by atoms with E-state index in [0.29, 0.717) is 12.5 Å². The largest absolute Gasteiger partial charge is 0.462 e. The smallest absolute Gasteiger partial charge is 0.293 e. The number of carbonyl (C=O) groups excluding carboxylic acids is 1. The summed E-state index contributed by atoms with van der Waals surface area (Å²) in [6.45, 7) is 16.2. The van der Waals surface area contributed by atoms with Gasteiger partial charge in [-0.3, -0.25) is 15.0 Å². The Morgan fingerprint density at radius 3 is 2.36 bits per heavy atom. The summed E-state index contributed by atoms with van der Waals surface area (Å²) >= 11 is 0. The molecule has 1 aromatic carbocycles. The Bertz CT molecular complexity index is 497. The summed E-state index contributed by atoms with van der Waals surface area (Å²) in [6, 6.07) is 11.1. The zero-order valence-electron chi connectivity index (χ0n) is 16.5. The summed E-state index contributed by atoms with van der Waals surface area (Å²) in [4.78, 5) is 12.1. The zero-order chi connectivity index (χ0) is 18.9. The normalized spacial score (nSPS) is 19.2. The number of hydrogen-bond acceptors (Lipinski definition) is 5. The fraction of sp³-hybridized carbons (Fsp3) is 0.650. The lowest BCUT2D eigenvalue weighted by atomic mass is 10.2.